The summed E-state index contributed by atoms with van der Waals surface area (Å²) in [7, 11) is 1.95. The lowest BCUT2D eigenvalue weighted by Gasteiger charge is -2.25. The van der Waals surface area contributed by atoms with Gasteiger partial charge in [0.1, 0.15) is 0 Å². The second-order valence-corrected chi connectivity index (χ2v) is 6.70. The van der Waals surface area contributed by atoms with Crippen LogP contribution in [0.1, 0.15) is 23.5 Å². The summed E-state index contributed by atoms with van der Waals surface area (Å²) in [4.78, 5) is 17.0. The van der Waals surface area contributed by atoms with Gasteiger partial charge in [0, 0.05) is 43.0 Å². The summed E-state index contributed by atoms with van der Waals surface area (Å²) in [5.41, 5.74) is 2.85. The number of nitrogens with one attached hydrogen (secondary N) is 1. The maximum absolute atomic E-state index is 10.9. The monoisotopic (exact) mass is 379 g/mol. The first-order chi connectivity index (χ1) is 13.1. The van der Waals surface area contributed by atoms with Crippen molar-refractivity contribution in [3.8, 4) is 5.69 Å². The van der Waals surface area contributed by atoms with Gasteiger partial charge < -0.3 is 14.8 Å². The van der Waals surface area contributed by atoms with Crippen molar-refractivity contribution in [2.75, 3.05) is 7.05 Å². The number of thiocarbonyl (C=S) groups is 1. The van der Waals surface area contributed by atoms with Gasteiger partial charge in [-0.25, -0.2) is 0 Å². The van der Waals surface area contributed by atoms with Crippen LogP contribution >= 0.6 is 12.2 Å². The van der Waals surface area contributed by atoms with E-state index in [4.69, 9.17) is 12.2 Å². The molecule has 3 heterocycles. The van der Waals surface area contributed by atoms with E-state index in [9.17, 15) is 10.1 Å². The highest BCUT2D eigenvalue weighted by Gasteiger charge is 2.39. The zero-order valence-electron chi connectivity index (χ0n) is 14.5. The molecule has 0 unspecified atom stereocenters. The minimum atomic E-state index is -0.398. The van der Waals surface area contributed by atoms with Gasteiger partial charge >= 0.3 is 0 Å². The summed E-state index contributed by atoms with van der Waals surface area (Å²) >= 11 is 5.48. The van der Waals surface area contributed by atoms with Crippen molar-refractivity contribution in [3.05, 3.63) is 88.5 Å². The molecule has 1 N–H and O–H groups in total. The Bertz CT molecular complexity index is 987. The van der Waals surface area contributed by atoms with Crippen LogP contribution in [0.15, 0.2) is 67.0 Å². The van der Waals surface area contributed by atoms with Crippen LogP contribution in [0, 0.1) is 10.1 Å². The van der Waals surface area contributed by atoms with Crippen molar-refractivity contribution in [1.29, 1.82) is 0 Å². The van der Waals surface area contributed by atoms with Crippen molar-refractivity contribution in [2.24, 2.45) is 0 Å². The zero-order valence-corrected chi connectivity index (χ0v) is 15.3. The summed E-state index contributed by atoms with van der Waals surface area (Å²) in [5, 5.41) is 14.9. The highest BCUT2D eigenvalue weighted by molar-refractivity contribution is 7.80. The number of nitrogens with zero attached hydrogens (tertiary/aromatic N) is 4. The molecular formula is C19H17N5O2S. The molecule has 2 atom stereocenters. The molecule has 0 spiro atoms. The van der Waals surface area contributed by atoms with Gasteiger partial charge in [-0.3, -0.25) is 15.1 Å². The van der Waals surface area contributed by atoms with E-state index in [2.05, 4.69) is 10.3 Å². The predicted octanol–water partition coefficient (Wildman–Crippen LogP) is 3.38. The van der Waals surface area contributed by atoms with Crippen molar-refractivity contribution >= 4 is 23.0 Å². The fraction of sp³-hybridized carbons (Fsp3) is 0.158. The number of pyridine rings is 1. The smallest absolute Gasteiger partial charge is 0.269 e. The first-order valence-electron chi connectivity index (χ1n) is 8.42. The molecule has 1 aliphatic rings. The average molecular weight is 379 g/mol. The van der Waals surface area contributed by atoms with Crippen LogP contribution in [0.5, 0.6) is 0 Å². The van der Waals surface area contributed by atoms with Crippen molar-refractivity contribution in [1.82, 2.24) is 19.8 Å². The lowest BCUT2D eigenvalue weighted by atomic mass is 10.0. The molecule has 136 valence electrons. The van der Waals surface area contributed by atoms with E-state index in [1.54, 1.807) is 18.3 Å². The Kier molecular flexibility index (Phi) is 4.33. The third kappa shape index (κ3) is 3.04. The maximum atomic E-state index is 10.9. The largest absolute Gasteiger partial charge is 0.352 e. The summed E-state index contributed by atoms with van der Waals surface area (Å²) in [5.74, 6) is 0. The minimum Gasteiger partial charge on any atom is -0.352 e. The fourth-order valence-electron chi connectivity index (χ4n) is 3.43. The van der Waals surface area contributed by atoms with E-state index in [0.29, 0.717) is 5.11 Å². The molecule has 8 heteroatoms. The molecule has 3 aromatic rings. The van der Waals surface area contributed by atoms with Crippen molar-refractivity contribution < 1.29 is 4.92 Å². The molecule has 1 aliphatic heterocycles. The highest BCUT2D eigenvalue weighted by atomic mass is 32.1. The molecule has 2 aromatic heterocycles. The van der Waals surface area contributed by atoms with Crippen LogP contribution in [-0.2, 0) is 0 Å². The molecule has 0 amide bonds. The van der Waals surface area contributed by atoms with Gasteiger partial charge in [0.2, 0.25) is 0 Å². The third-order valence-electron chi connectivity index (χ3n) is 4.76. The van der Waals surface area contributed by atoms with Gasteiger partial charge in [0.25, 0.3) is 5.69 Å². The van der Waals surface area contributed by atoms with Gasteiger partial charge in [0.15, 0.2) is 5.11 Å². The Morgan fingerprint density at radius 1 is 1.15 bits per heavy atom. The number of benzene rings is 1. The third-order valence-corrected chi connectivity index (χ3v) is 5.17. The van der Waals surface area contributed by atoms with E-state index < -0.39 is 4.92 Å². The van der Waals surface area contributed by atoms with E-state index in [-0.39, 0.29) is 17.8 Å². The van der Waals surface area contributed by atoms with Gasteiger partial charge in [-0.2, -0.15) is 0 Å². The molecule has 27 heavy (non-hydrogen) atoms. The number of aromatic nitrogens is 2. The Morgan fingerprint density at radius 3 is 2.59 bits per heavy atom. The van der Waals surface area contributed by atoms with Gasteiger partial charge in [-0.1, -0.05) is 6.07 Å². The minimum absolute atomic E-state index is 0.0578. The van der Waals surface area contributed by atoms with Crippen LogP contribution in [-0.4, -0.2) is 31.5 Å². The molecule has 1 aromatic carbocycles. The number of hydrogen-bond donors (Lipinski definition) is 1. The standard InChI is InChI=1S/C19H17N5O2S/c1-22-18(17(21-19(22)27)15-5-2-3-11-20-15)16-6-4-12-23(16)13-7-9-14(10-8-13)24(25)26/h2-12,17-18H,1H3,(H,21,27)/t17-,18-/m1/s1. The van der Waals surface area contributed by atoms with Gasteiger partial charge in [-0.15, -0.1) is 0 Å². The number of nitro benzene ring substituents is 1. The average Bonchev–Trinajstić information content (AvgIpc) is 3.27. The van der Waals surface area contributed by atoms with E-state index in [0.717, 1.165) is 17.1 Å². The first-order valence-corrected chi connectivity index (χ1v) is 8.83. The number of nitro groups is 1. The molecule has 0 saturated carbocycles. The molecule has 4 rings (SSSR count). The molecule has 0 bridgehead atoms. The number of non-ortho nitro benzene ring substituents is 1. The summed E-state index contributed by atoms with van der Waals surface area (Å²) in [6.45, 7) is 0. The van der Waals surface area contributed by atoms with Crippen LogP contribution < -0.4 is 5.32 Å². The van der Waals surface area contributed by atoms with Gasteiger partial charge in [0.05, 0.1) is 22.7 Å². The quantitative estimate of drug-likeness (QED) is 0.425. The van der Waals surface area contributed by atoms with Crippen LogP contribution in [0.2, 0.25) is 0 Å². The second-order valence-electron chi connectivity index (χ2n) is 6.31. The SMILES string of the molecule is CN1C(=S)N[C@H](c2ccccn2)[C@H]1c1cccn1-c1ccc([N+](=O)[O-])cc1. The molecule has 0 aliphatic carbocycles. The van der Waals surface area contributed by atoms with Gasteiger partial charge in [-0.05, 0) is 48.6 Å². The zero-order chi connectivity index (χ0) is 19.0. The Hall–Kier alpha value is -3.26. The topological polar surface area (TPSA) is 76.2 Å². The summed E-state index contributed by atoms with van der Waals surface area (Å²) in [6, 6.07) is 16.2. The fourth-order valence-corrected chi connectivity index (χ4v) is 3.67. The maximum Gasteiger partial charge on any atom is 0.269 e. The van der Waals surface area contributed by atoms with Crippen LogP contribution in [0.25, 0.3) is 5.69 Å². The summed E-state index contributed by atoms with van der Waals surface area (Å²) in [6.07, 6.45) is 3.71. The molecule has 1 saturated heterocycles. The predicted molar refractivity (Wildman–Crippen MR) is 106 cm³/mol. The Morgan fingerprint density at radius 2 is 1.93 bits per heavy atom. The first kappa shape index (κ1) is 17.2. The number of rotatable bonds is 4. The normalized spacial score (nSPS) is 19.1. The van der Waals surface area contributed by atoms with Crippen molar-refractivity contribution in [2.45, 2.75) is 12.1 Å². The highest BCUT2D eigenvalue weighted by Crippen LogP contribution is 2.38. The molecule has 7 nitrogen and oxygen atoms in total. The Balaban J connectivity index is 1.75. The lowest BCUT2D eigenvalue weighted by molar-refractivity contribution is -0.384. The van der Waals surface area contributed by atoms with E-state index in [1.165, 1.54) is 12.1 Å². The number of likely N-dealkylation sites (N-methyl/N-ethyl adjacent to an activating group) is 1. The van der Waals surface area contributed by atoms with Crippen LogP contribution in [0.4, 0.5) is 5.69 Å². The second kappa shape index (κ2) is 6.81. The number of hydrogen-bond acceptors (Lipinski definition) is 4. The molecule has 1 fully saturated rings. The van der Waals surface area contributed by atoms with E-state index in [1.807, 2.05) is 53.0 Å². The lowest BCUT2D eigenvalue weighted by Crippen LogP contribution is -2.25. The Labute approximate surface area is 161 Å². The van der Waals surface area contributed by atoms with Crippen molar-refractivity contribution in [3.63, 3.8) is 0 Å². The van der Waals surface area contributed by atoms with Crippen LogP contribution in [0.3, 0.4) is 0 Å². The summed E-state index contributed by atoms with van der Waals surface area (Å²) < 4.78 is 2.02. The molecule has 0 radical (unpaired) electrons. The van der Waals surface area contributed by atoms with E-state index >= 15 is 0 Å². The molecular weight excluding hydrogens is 362 g/mol.